The molecule has 5 nitrogen and oxygen atoms in total. The smallest absolute Gasteiger partial charge is 0.209 e. The standard InChI is InChI=1S/C11H18ClN3O2S/c1-11(2,15-18(3,16)17)7-14-10-5-4-8(12)6-9(10)13/h4-6,14-15H,7,13H2,1-3H3. The van der Waals surface area contributed by atoms with Crippen LogP contribution in [-0.2, 0) is 10.0 Å². The molecule has 7 heteroatoms. The molecule has 18 heavy (non-hydrogen) atoms. The lowest BCUT2D eigenvalue weighted by Gasteiger charge is -2.26. The fourth-order valence-corrected chi connectivity index (χ4v) is 2.81. The van der Waals surface area contributed by atoms with Gasteiger partial charge in [-0.25, -0.2) is 13.1 Å². The molecule has 0 heterocycles. The molecule has 0 fully saturated rings. The lowest BCUT2D eigenvalue weighted by atomic mass is 10.1. The van der Waals surface area contributed by atoms with Crippen LogP contribution in [0.3, 0.4) is 0 Å². The van der Waals surface area contributed by atoms with Gasteiger partial charge in [-0.2, -0.15) is 0 Å². The summed E-state index contributed by atoms with van der Waals surface area (Å²) in [6.45, 7) is 3.98. The molecule has 0 aromatic heterocycles. The van der Waals surface area contributed by atoms with Crippen molar-refractivity contribution < 1.29 is 8.42 Å². The van der Waals surface area contributed by atoms with Crippen LogP contribution in [0.2, 0.25) is 5.02 Å². The van der Waals surface area contributed by atoms with Gasteiger partial charge in [-0.05, 0) is 32.0 Å². The predicted molar refractivity (Wildman–Crippen MR) is 76.4 cm³/mol. The summed E-state index contributed by atoms with van der Waals surface area (Å²) in [5.74, 6) is 0. The van der Waals surface area contributed by atoms with Crippen molar-refractivity contribution >= 4 is 33.0 Å². The Morgan fingerprint density at radius 3 is 2.50 bits per heavy atom. The Labute approximate surface area is 113 Å². The molecule has 102 valence electrons. The fraction of sp³-hybridized carbons (Fsp3) is 0.455. The van der Waals surface area contributed by atoms with Gasteiger partial charge in [0.25, 0.3) is 0 Å². The van der Waals surface area contributed by atoms with Crippen LogP contribution in [-0.4, -0.2) is 26.8 Å². The number of hydrogen-bond donors (Lipinski definition) is 3. The van der Waals surface area contributed by atoms with Gasteiger partial charge < -0.3 is 11.1 Å². The average Bonchev–Trinajstić information content (AvgIpc) is 2.12. The molecule has 0 bridgehead atoms. The highest BCUT2D eigenvalue weighted by atomic mass is 35.5. The van der Waals surface area contributed by atoms with Crippen LogP contribution in [0.5, 0.6) is 0 Å². The molecule has 1 aromatic carbocycles. The highest BCUT2D eigenvalue weighted by Crippen LogP contribution is 2.23. The van der Waals surface area contributed by atoms with E-state index in [1.54, 1.807) is 32.0 Å². The lowest BCUT2D eigenvalue weighted by molar-refractivity contribution is 0.476. The van der Waals surface area contributed by atoms with E-state index in [9.17, 15) is 8.42 Å². The molecule has 0 radical (unpaired) electrons. The van der Waals surface area contributed by atoms with Crippen LogP contribution >= 0.6 is 11.6 Å². The summed E-state index contributed by atoms with van der Waals surface area (Å²) in [5.41, 5.74) is 6.43. The Hall–Kier alpha value is -0.980. The van der Waals surface area contributed by atoms with Crippen LogP contribution < -0.4 is 15.8 Å². The molecule has 0 unspecified atom stereocenters. The summed E-state index contributed by atoms with van der Waals surface area (Å²) >= 11 is 5.79. The van der Waals surface area contributed by atoms with Crippen LogP contribution in [0, 0.1) is 0 Å². The van der Waals surface area contributed by atoms with Crippen molar-refractivity contribution in [1.29, 1.82) is 0 Å². The van der Waals surface area contributed by atoms with Gasteiger partial charge in [0.15, 0.2) is 0 Å². The van der Waals surface area contributed by atoms with Crippen molar-refractivity contribution in [2.45, 2.75) is 19.4 Å². The molecule has 0 spiro atoms. The molecule has 4 N–H and O–H groups in total. The van der Waals surface area contributed by atoms with Crippen LogP contribution in [0.1, 0.15) is 13.8 Å². The summed E-state index contributed by atoms with van der Waals surface area (Å²) in [4.78, 5) is 0. The lowest BCUT2D eigenvalue weighted by Crippen LogP contribution is -2.47. The molecule has 0 saturated heterocycles. The third-order valence-electron chi connectivity index (χ3n) is 2.20. The minimum absolute atomic E-state index is 0.409. The van der Waals surface area contributed by atoms with E-state index in [1.807, 2.05) is 0 Å². The van der Waals surface area contributed by atoms with Crippen LogP contribution in [0.4, 0.5) is 11.4 Å². The zero-order valence-corrected chi connectivity index (χ0v) is 12.2. The van der Waals surface area contributed by atoms with Crippen molar-refractivity contribution in [1.82, 2.24) is 4.72 Å². The number of nitrogen functional groups attached to an aromatic ring is 1. The molecule has 0 aliphatic heterocycles. The van der Waals surface area contributed by atoms with Crippen LogP contribution in [0.15, 0.2) is 18.2 Å². The van der Waals surface area contributed by atoms with Crippen molar-refractivity contribution in [2.75, 3.05) is 23.9 Å². The van der Waals surface area contributed by atoms with E-state index in [-0.39, 0.29) is 0 Å². The first-order chi connectivity index (χ1) is 8.09. The molecule has 0 aliphatic carbocycles. The highest BCUT2D eigenvalue weighted by molar-refractivity contribution is 7.88. The monoisotopic (exact) mass is 291 g/mol. The summed E-state index contributed by atoms with van der Waals surface area (Å²) in [6.07, 6.45) is 1.13. The first-order valence-electron chi connectivity index (χ1n) is 5.37. The summed E-state index contributed by atoms with van der Waals surface area (Å²) in [6, 6.07) is 5.12. The van der Waals surface area contributed by atoms with E-state index in [1.165, 1.54) is 0 Å². The Balaban J connectivity index is 2.70. The van der Waals surface area contributed by atoms with Gasteiger partial charge in [0, 0.05) is 17.1 Å². The van der Waals surface area contributed by atoms with Gasteiger partial charge in [0.05, 0.1) is 17.6 Å². The second-order valence-electron chi connectivity index (χ2n) is 4.84. The third kappa shape index (κ3) is 5.12. The van der Waals surface area contributed by atoms with E-state index >= 15 is 0 Å². The van der Waals surface area contributed by atoms with Crippen molar-refractivity contribution in [3.63, 3.8) is 0 Å². The largest absolute Gasteiger partial charge is 0.397 e. The van der Waals surface area contributed by atoms with Gasteiger partial charge >= 0.3 is 0 Å². The maximum atomic E-state index is 11.2. The molecule has 0 amide bonds. The van der Waals surface area contributed by atoms with Crippen molar-refractivity contribution in [3.05, 3.63) is 23.2 Å². The Morgan fingerprint density at radius 2 is 2.00 bits per heavy atom. The zero-order chi connectivity index (χ0) is 14.0. The molecular weight excluding hydrogens is 274 g/mol. The van der Waals surface area contributed by atoms with E-state index in [0.717, 1.165) is 11.9 Å². The Bertz CT molecular complexity index is 529. The number of hydrogen-bond acceptors (Lipinski definition) is 4. The molecular formula is C11H18ClN3O2S. The van der Waals surface area contributed by atoms with Crippen LogP contribution in [0.25, 0.3) is 0 Å². The van der Waals surface area contributed by atoms with E-state index < -0.39 is 15.6 Å². The highest BCUT2D eigenvalue weighted by Gasteiger charge is 2.21. The SMILES string of the molecule is CC(C)(CNc1ccc(Cl)cc1N)NS(C)(=O)=O. The average molecular weight is 292 g/mol. The first-order valence-corrected chi connectivity index (χ1v) is 7.64. The number of rotatable bonds is 5. The van der Waals surface area contributed by atoms with Gasteiger partial charge in [-0.15, -0.1) is 0 Å². The summed E-state index contributed by atoms with van der Waals surface area (Å²) < 4.78 is 24.9. The Morgan fingerprint density at radius 1 is 1.39 bits per heavy atom. The minimum Gasteiger partial charge on any atom is -0.397 e. The molecule has 1 aromatic rings. The predicted octanol–water partition coefficient (Wildman–Crippen LogP) is 1.66. The Kier molecular flexibility index (Phi) is 4.47. The number of sulfonamides is 1. The third-order valence-corrected chi connectivity index (χ3v) is 3.35. The molecule has 1 rings (SSSR count). The van der Waals surface area contributed by atoms with E-state index in [2.05, 4.69) is 10.0 Å². The first kappa shape index (κ1) is 15.1. The maximum Gasteiger partial charge on any atom is 0.209 e. The zero-order valence-electron chi connectivity index (χ0n) is 10.6. The fourth-order valence-electron chi connectivity index (χ4n) is 1.55. The van der Waals surface area contributed by atoms with Gasteiger partial charge in [0.1, 0.15) is 0 Å². The van der Waals surface area contributed by atoms with E-state index in [4.69, 9.17) is 17.3 Å². The second kappa shape index (κ2) is 5.34. The number of anilines is 2. The summed E-state index contributed by atoms with van der Waals surface area (Å²) in [7, 11) is -3.25. The maximum absolute atomic E-state index is 11.2. The molecule has 0 atom stereocenters. The van der Waals surface area contributed by atoms with Crippen molar-refractivity contribution in [2.24, 2.45) is 0 Å². The van der Waals surface area contributed by atoms with E-state index in [0.29, 0.717) is 17.3 Å². The number of halogens is 1. The molecule has 0 aliphatic rings. The molecule has 0 saturated carbocycles. The summed E-state index contributed by atoms with van der Waals surface area (Å²) in [5, 5.41) is 3.65. The van der Waals surface area contributed by atoms with Crippen molar-refractivity contribution in [3.8, 4) is 0 Å². The topological polar surface area (TPSA) is 84.2 Å². The number of nitrogens with two attached hydrogens (primary N) is 1. The van der Waals surface area contributed by atoms with Gasteiger partial charge in [-0.3, -0.25) is 0 Å². The number of nitrogens with one attached hydrogen (secondary N) is 2. The number of benzene rings is 1. The normalized spacial score (nSPS) is 12.4. The van der Waals surface area contributed by atoms with Gasteiger partial charge in [0.2, 0.25) is 10.0 Å². The minimum atomic E-state index is -3.25. The second-order valence-corrected chi connectivity index (χ2v) is 7.03. The quantitative estimate of drug-likeness (QED) is 0.721. The van der Waals surface area contributed by atoms with Gasteiger partial charge in [-0.1, -0.05) is 11.6 Å².